The van der Waals surface area contributed by atoms with E-state index >= 15 is 0 Å². The lowest BCUT2D eigenvalue weighted by Crippen LogP contribution is -2.40. The fourth-order valence-electron chi connectivity index (χ4n) is 2.02. The van der Waals surface area contributed by atoms with Gasteiger partial charge in [0.1, 0.15) is 0 Å². The Morgan fingerprint density at radius 3 is 3.27 bits per heavy atom. The van der Waals surface area contributed by atoms with Crippen molar-refractivity contribution >= 4 is 0 Å². The Labute approximate surface area is 68.2 Å². The van der Waals surface area contributed by atoms with Crippen molar-refractivity contribution in [2.24, 2.45) is 5.92 Å². The molecule has 0 aromatic rings. The largest absolute Gasteiger partial charge is 0.306 e. The van der Waals surface area contributed by atoms with E-state index in [-0.39, 0.29) is 0 Å². The van der Waals surface area contributed by atoms with Crippen LogP contribution in [0, 0.1) is 5.92 Å². The van der Waals surface area contributed by atoms with E-state index in [0.29, 0.717) is 6.04 Å². The quantitative estimate of drug-likeness (QED) is 0.554. The van der Waals surface area contributed by atoms with Crippen LogP contribution in [0.3, 0.4) is 0 Å². The Morgan fingerprint density at radius 1 is 1.55 bits per heavy atom. The third-order valence-electron chi connectivity index (χ3n) is 2.70. The van der Waals surface area contributed by atoms with E-state index in [1.54, 1.807) is 0 Å². The predicted octanol–water partition coefficient (Wildman–Crippen LogP) is 1.87. The molecule has 2 aliphatic rings. The summed E-state index contributed by atoms with van der Waals surface area (Å²) in [5.74, 6) is 0.819. The first-order valence-electron chi connectivity index (χ1n) is 4.48. The normalized spacial score (nSPS) is 36.3. The second-order valence-corrected chi connectivity index (χ2v) is 3.55. The van der Waals surface area contributed by atoms with E-state index in [1.165, 1.54) is 18.4 Å². The van der Waals surface area contributed by atoms with E-state index in [2.05, 4.69) is 30.5 Å². The average Bonchev–Trinajstić information content (AvgIpc) is 2.06. The van der Waals surface area contributed by atoms with Gasteiger partial charge in [0.05, 0.1) is 0 Å². The molecular weight excluding hydrogens is 134 g/mol. The Balaban J connectivity index is 2.23. The van der Waals surface area contributed by atoms with Crippen LogP contribution in [-0.2, 0) is 0 Å². The van der Waals surface area contributed by atoms with Crippen LogP contribution in [0.5, 0.6) is 0 Å². The molecule has 2 rings (SSSR count). The highest BCUT2D eigenvalue weighted by Crippen LogP contribution is 2.26. The van der Waals surface area contributed by atoms with Crippen LogP contribution in [0.15, 0.2) is 23.8 Å². The van der Waals surface area contributed by atoms with Gasteiger partial charge in [0, 0.05) is 12.6 Å². The minimum Gasteiger partial charge on any atom is -0.306 e. The standard InChI is InChI=1S/C10H15N/c1-8-4-2-5-9-6-3-7-11-10(8)9/h3,5-6,8,10-11H,2,4,7H2,1H3/t8-,10?/m0/s1. The smallest absolute Gasteiger partial charge is 0.0345 e. The predicted molar refractivity (Wildman–Crippen MR) is 47.4 cm³/mol. The molecule has 0 fully saturated rings. The minimum absolute atomic E-state index is 0.647. The number of hydrogen-bond donors (Lipinski definition) is 1. The zero-order valence-corrected chi connectivity index (χ0v) is 7.01. The number of allylic oxidation sites excluding steroid dienone is 1. The second-order valence-electron chi connectivity index (χ2n) is 3.55. The molecule has 0 aromatic heterocycles. The average molecular weight is 149 g/mol. The van der Waals surface area contributed by atoms with Crippen LogP contribution in [0.1, 0.15) is 19.8 Å². The molecular formula is C10H15N. The Kier molecular flexibility index (Phi) is 1.82. The molecule has 0 saturated heterocycles. The molecule has 0 saturated carbocycles. The molecule has 0 aromatic carbocycles. The summed E-state index contributed by atoms with van der Waals surface area (Å²) >= 11 is 0. The molecule has 2 atom stereocenters. The van der Waals surface area contributed by atoms with E-state index in [9.17, 15) is 0 Å². The molecule has 0 spiro atoms. The molecule has 1 heterocycles. The summed E-state index contributed by atoms with van der Waals surface area (Å²) in [7, 11) is 0. The lowest BCUT2D eigenvalue weighted by Gasteiger charge is -2.31. The summed E-state index contributed by atoms with van der Waals surface area (Å²) in [6.07, 6.45) is 9.46. The van der Waals surface area contributed by atoms with Crippen LogP contribution in [0.4, 0.5) is 0 Å². The lowest BCUT2D eigenvalue weighted by molar-refractivity contribution is 0.392. The zero-order valence-electron chi connectivity index (χ0n) is 7.01. The number of nitrogens with one attached hydrogen (secondary N) is 1. The first kappa shape index (κ1) is 7.11. The molecule has 0 amide bonds. The van der Waals surface area contributed by atoms with Gasteiger partial charge in [0.25, 0.3) is 0 Å². The molecule has 60 valence electrons. The fourth-order valence-corrected chi connectivity index (χ4v) is 2.02. The monoisotopic (exact) mass is 149 g/mol. The molecule has 1 N–H and O–H groups in total. The summed E-state index contributed by atoms with van der Waals surface area (Å²) < 4.78 is 0. The molecule has 1 aliphatic carbocycles. The maximum absolute atomic E-state index is 3.52. The van der Waals surface area contributed by atoms with E-state index in [0.717, 1.165) is 12.5 Å². The van der Waals surface area contributed by atoms with Crippen LogP contribution in [0.25, 0.3) is 0 Å². The Bertz CT molecular complexity index is 203. The second kappa shape index (κ2) is 2.82. The first-order chi connectivity index (χ1) is 5.38. The van der Waals surface area contributed by atoms with Crippen molar-refractivity contribution in [3.05, 3.63) is 23.8 Å². The van der Waals surface area contributed by atoms with Crippen molar-refractivity contribution in [2.75, 3.05) is 6.54 Å². The van der Waals surface area contributed by atoms with Gasteiger partial charge in [-0.05, 0) is 24.3 Å². The van der Waals surface area contributed by atoms with Crippen molar-refractivity contribution in [2.45, 2.75) is 25.8 Å². The highest BCUT2D eigenvalue weighted by Gasteiger charge is 2.23. The van der Waals surface area contributed by atoms with Gasteiger partial charge in [-0.15, -0.1) is 0 Å². The van der Waals surface area contributed by atoms with Gasteiger partial charge < -0.3 is 5.32 Å². The molecule has 0 radical (unpaired) electrons. The van der Waals surface area contributed by atoms with Crippen molar-refractivity contribution in [1.29, 1.82) is 0 Å². The summed E-state index contributed by atoms with van der Waals surface area (Å²) in [6, 6.07) is 0.647. The number of fused-ring (bicyclic) bond motifs is 1. The van der Waals surface area contributed by atoms with Gasteiger partial charge in [-0.25, -0.2) is 0 Å². The van der Waals surface area contributed by atoms with Crippen molar-refractivity contribution in [3.63, 3.8) is 0 Å². The summed E-state index contributed by atoms with van der Waals surface area (Å²) in [6.45, 7) is 3.39. The Hall–Kier alpha value is -0.560. The van der Waals surface area contributed by atoms with Gasteiger partial charge in [0.2, 0.25) is 0 Å². The van der Waals surface area contributed by atoms with Gasteiger partial charge in [-0.3, -0.25) is 0 Å². The van der Waals surface area contributed by atoms with E-state index < -0.39 is 0 Å². The van der Waals surface area contributed by atoms with Crippen LogP contribution in [0.2, 0.25) is 0 Å². The maximum Gasteiger partial charge on any atom is 0.0345 e. The first-order valence-corrected chi connectivity index (χ1v) is 4.48. The summed E-state index contributed by atoms with van der Waals surface area (Å²) in [5.41, 5.74) is 1.51. The lowest BCUT2D eigenvalue weighted by atomic mass is 9.84. The molecule has 11 heavy (non-hydrogen) atoms. The highest BCUT2D eigenvalue weighted by molar-refractivity contribution is 5.30. The van der Waals surface area contributed by atoms with Crippen LogP contribution in [-0.4, -0.2) is 12.6 Å². The molecule has 1 heteroatoms. The molecule has 1 aliphatic heterocycles. The number of hydrogen-bond acceptors (Lipinski definition) is 1. The SMILES string of the molecule is C[C@H]1CCC=C2C=CCNC21. The van der Waals surface area contributed by atoms with E-state index in [1.807, 2.05) is 0 Å². The van der Waals surface area contributed by atoms with Gasteiger partial charge >= 0.3 is 0 Å². The van der Waals surface area contributed by atoms with Crippen molar-refractivity contribution in [3.8, 4) is 0 Å². The van der Waals surface area contributed by atoms with Gasteiger partial charge in [0.15, 0.2) is 0 Å². The topological polar surface area (TPSA) is 12.0 Å². The molecule has 1 nitrogen and oxygen atoms in total. The molecule has 1 unspecified atom stereocenters. The van der Waals surface area contributed by atoms with Crippen LogP contribution >= 0.6 is 0 Å². The fraction of sp³-hybridized carbons (Fsp3) is 0.600. The van der Waals surface area contributed by atoms with Gasteiger partial charge in [-0.1, -0.05) is 25.2 Å². The summed E-state index contributed by atoms with van der Waals surface area (Å²) in [5, 5.41) is 3.52. The Morgan fingerprint density at radius 2 is 2.45 bits per heavy atom. The minimum atomic E-state index is 0.647. The third-order valence-corrected chi connectivity index (χ3v) is 2.70. The van der Waals surface area contributed by atoms with Crippen molar-refractivity contribution in [1.82, 2.24) is 5.32 Å². The van der Waals surface area contributed by atoms with Gasteiger partial charge in [-0.2, -0.15) is 0 Å². The van der Waals surface area contributed by atoms with Crippen molar-refractivity contribution < 1.29 is 0 Å². The zero-order chi connectivity index (χ0) is 7.68. The van der Waals surface area contributed by atoms with Crippen LogP contribution < -0.4 is 5.32 Å². The third kappa shape index (κ3) is 1.25. The maximum atomic E-state index is 3.52. The highest BCUT2D eigenvalue weighted by atomic mass is 14.9. The number of rotatable bonds is 0. The molecule has 0 bridgehead atoms. The summed E-state index contributed by atoms with van der Waals surface area (Å²) in [4.78, 5) is 0. The van der Waals surface area contributed by atoms with E-state index in [4.69, 9.17) is 0 Å².